The van der Waals surface area contributed by atoms with E-state index in [0.29, 0.717) is 12.1 Å². The molecule has 0 amide bonds. The van der Waals surface area contributed by atoms with Gasteiger partial charge in [0.15, 0.2) is 0 Å². The lowest BCUT2D eigenvalue weighted by Gasteiger charge is -2.12. The monoisotopic (exact) mass is 433 g/mol. The van der Waals surface area contributed by atoms with Crippen LogP contribution in [0.25, 0.3) is 0 Å². The zero-order chi connectivity index (χ0) is 13.1. The third-order valence-electron chi connectivity index (χ3n) is 2.47. The van der Waals surface area contributed by atoms with Crippen molar-refractivity contribution in [2.24, 2.45) is 0 Å². The van der Waals surface area contributed by atoms with E-state index in [9.17, 15) is 5.11 Å². The smallest absolute Gasteiger partial charge is 0.101 e. The van der Waals surface area contributed by atoms with Crippen molar-refractivity contribution < 1.29 is 5.11 Å². The average molecular weight is 436 g/mol. The number of rotatable bonds is 3. The summed E-state index contributed by atoms with van der Waals surface area (Å²) >= 11 is 10.2. The summed E-state index contributed by atoms with van der Waals surface area (Å²) in [5.41, 5.74) is 1.71. The van der Waals surface area contributed by atoms with Crippen LogP contribution in [0.1, 0.15) is 17.4 Å². The third-order valence-corrected chi connectivity index (χ3v) is 4.03. The van der Waals surface area contributed by atoms with E-state index < -0.39 is 6.10 Å². The Morgan fingerprint density at radius 1 is 1.11 bits per heavy atom. The number of nitrogens with zero attached hydrogens (tertiary/aromatic N) is 1. The van der Waals surface area contributed by atoms with Crippen molar-refractivity contribution in [2.45, 2.75) is 12.5 Å². The highest BCUT2D eigenvalue weighted by Gasteiger charge is 2.14. The maximum absolute atomic E-state index is 10.2. The Balaban J connectivity index is 2.19. The van der Waals surface area contributed by atoms with Crippen LogP contribution >= 0.6 is 47.8 Å². The lowest BCUT2D eigenvalue weighted by atomic mass is 10.1. The highest BCUT2D eigenvalue weighted by Crippen LogP contribution is 2.27. The van der Waals surface area contributed by atoms with Crippen molar-refractivity contribution in [2.75, 3.05) is 0 Å². The molecule has 2 nitrogen and oxygen atoms in total. The number of pyridine rings is 1. The van der Waals surface area contributed by atoms with E-state index in [1.807, 2.05) is 30.3 Å². The Hall–Kier alpha value is -0.230. The Morgan fingerprint density at radius 3 is 2.56 bits per heavy atom. The lowest BCUT2D eigenvalue weighted by molar-refractivity contribution is 0.172. The van der Waals surface area contributed by atoms with E-state index in [4.69, 9.17) is 0 Å². The van der Waals surface area contributed by atoms with Crippen LogP contribution < -0.4 is 0 Å². The van der Waals surface area contributed by atoms with E-state index >= 15 is 0 Å². The predicted octanol–water partition coefficient (Wildman–Crippen LogP) is 4.65. The first-order valence-electron chi connectivity index (χ1n) is 5.29. The SMILES string of the molecule is OC(Cc1cccc(Br)c1)c1ncc(Br)cc1Br. The first-order chi connectivity index (χ1) is 8.56. The number of benzene rings is 1. The second-order valence-corrected chi connectivity index (χ2v) is 6.56. The van der Waals surface area contributed by atoms with Gasteiger partial charge in [0.2, 0.25) is 0 Å². The van der Waals surface area contributed by atoms with Gasteiger partial charge in [-0.05, 0) is 55.6 Å². The molecule has 1 heterocycles. The fraction of sp³-hybridized carbons (Fsp3) is 0.154. The van der Waals surface area contributed by atoms with E-state index in [2.05, 4.69) is 52.8 Å². The van der Waals surface area contributed by atoms with E-state index in [1.165, 1.54) is 0 Å². The second kappa shape index (κ2) is 6.28. The van der Waals surface area contributed by atoms with Crippen molar-refractivity contribution in [3.8, 4) is 0 Å². The molecule has 2 rings (SSSR count). The predicted molar refractivity (Wildman–Crippen MR) is 82.4 cm³/mol. The topological polar surface area (TPSA) is 33.1 Å². The molecule has 1 aromatic heterocycles. The van der Waals surface area contributed by atoms with Gasteiger partial charge in [0.05, 0.1) is 5.69 Å². The standard InChI is InChI=1S/C13H10Br3NO/c14-9-3-1-2-8(4-9)5-12(18)13-11(16)6-10(15)7-17-13/h1-4,6-7,12,18H,5H2. The molecular weight excluding hydrogens is 426 g/mol. The number of aliphatic hydroxyl groups is 1. The third kappa shape index (κ3) is 3.63. The van der Waals surface area contributed by atoms with Crippen LogP contribution in [0.4, 0.5) is 0 Å². The highest BCUT2D eigenvalue weighted by molar-refractivity contribution is 9.11. The van der Waals surface area contributed by atoms with Crippen LogP contribution in [0, 0.1) is 0 Å². The zero-order valence-electron chi connectivity index (χ0n) is 9.28. The molecule has 94 valence electrons. The number of hydrogen-bond acceptors (Lipinski definition) is 2. The molecule has 0 saturated heterocycles. The molecule has 0 spiro atoms. The molecule has 0 aliphatic carbocycles. The maximum Gasteiger partial charge on any atom is 0.101 e. The minimum Gasteiger partial charge on any atom is -0.386 e. The van der Waals surface area contributed by atoms with Crippen LogP contribution in [-0.4, -0.2) is 10.1 Å². The summed E-state index contributed by atoms with van der Waals surface area (Å²) in [5, 5.41) is 10.2. The first-order valence-corrected chi connectivity index (χ1v) is 7.67. The summed E-state index contributed by atoms with van der Waals surface area (Å²) in [7, 11) is 0. The van der Waals surface area contributed by atoms with Crippen molar-refractivity contribution in [1.82, 2.24) is 4.98 Å². The second-order valence-electron chi connectivity index (χ2n) is 3.87. The average Bonchev–Trinajstić information content (AvgIpc) is 2.28. The van der Waals surface area contributed by atoms with Gasteiger partial charge in [0.25, 0.3) is 0 Å². The van der Waals surface area contributed by atoms with Crippen LogP contribution in [0.2, 0.25) is 0 Å². The van der Waals surface area contributed by atoms with Gasteiger partial charge >= 0.3 is 0 Å². The summed E-state index contributed by atoms with van der Waals surface area (Å²) in [6.45, 7) is 0. The number of halogens is 3. The van der Waals surface area contributed by atoms with Gasteiger partial charge < -0.3 is 5.11 Å². The molecule has 18 heavy (non-hydrogen) atoms. The Labute approximate surface area is 131 Å². The fourth-order valence-corrected chi connectivity index (χ4v) is 3.35. The van der Waals surface area contributed by atoms with Gasteiger partial charge in [-0.3, -0.25) is 4.98 Å². The summed E-state index contributed by atoms with van der Waals surface area (Å²) < 4.78 is 2.70. The summed E-state index contributed by atoms with van der Waals surface area (Å²) in [6, 6.07) is 9.78. The normalized spacial score (nSPS) is 12.4. The van der Waals surface area contributed by atoms with Crippen LogP contribution in [0.3, 0.4) is 0 Å². The Morgan fingerprint density at radius 2 is 1.89 bits per heavy atom. The Kier molecular flexibility index (Phi) is 4.95. The number of aliphatic hydroxyl groups excluding tert-OH is 1. The molecule has 0 fully saturated rings. The van der Waals surface area contributed by atoms with Crippen molar-refractivity contribution in [1.29, 1.82) is 0 Å². The number of hydrogen-bond donors (Lipinski definition) is 1. The van der Waals surface area contributed by atoms with Gasteiger partial charge in [-0.25, -0.2) is 0 Å². The van der Waals surface area contributed by atoms with Gasteiger partial charge in [-0.2, -0.15) is 0 Å². The van der Waals surface area contributed by atoms with Crippen LogP contribution in [0.15, 0.2) is 49.9 Å². The molecule has 1 unspecified atom stereocenters. The van der Waals surface area contributed by atoms with E-state index in [-0.39, 0.29) is 0 Å². The molecule has 0 aliphatic rings. The van der Waals surface area contributed by atoms with Gasteiger partial charge in [0, 0.05) is 26.0 Å². The summed E-state index contributed by atoms with van der Waals surface area (Å²) in [5.74, 6) is 0. The van der Waals surface area contributed by atoms with Gasteiger partial charge in [0.1, 0.15) is 6.10 Å². The zero-order valence-corrected chi connectivity index (χ0v) is 14.0. The Bertz CT molecular complexity index is 560. The minimum absolute atomic E-state index is 0.534. The molecule has 0 saturated carbocycles. The largest absolute Gasteiger partial charge is 0.386 e. The highest BCUT2D eigenvalue weighted by atomic mass is 79.9. The molecule has 0 radical (unpaired) electrons. The maximum atomic E-state index is 10.2. The molecule has 1 aromatic carbocycles. The molecule has 1 N–H and O–H groups in total. The first kappa shape index (κ1) is 14.2. The lowest BCUT2D eigenvalue weighted by Crippen LogP contribution is -2.05. The van der Waals surface area contributed by atoms with Crippen LogP contribution in [0.5, 0.6) is 0 Å². The van der Waals surface area contributed by atoms with Crippen molar-refractivity contribution in [3.05, 3.63) is 61.2 Å². The van der Waals surface area contributed by atoms with E-state index in [1.54, 1.807) is 6.20 Å². The van der Waals surface area contributed by atoms with Crippen molar-refractivity contribution in [3.63, 3.8) is 0 Å². The minimum atomic E-state index is -0.623. The van der Waals surface area contributed by atoms with Crippen LogP contribution in [-0.2, 0) is 6.42 Å². The summed E-state index contributed by atoms with van der Waals surface area (Å²) in [4.78, 5) is 4.24. The summed E-state index contributed by atoms with van der Waals surface area (Å²) in [6.07, 6.45) is 1.60. The van der Waals surface area contributed by atoms with Gasteiger partial charge in [-0.15, -0.1) is 0 Å². The van der Waals surface area contributed by atoms with Crippen molar-refractivity contribution >= 4 is 47.8 Å². The fourth-order valence-electron chi connectivity index (χ4n) is 1.65. The molecular formula is C13H10Br3NO. The quantitative estimate of drug-likeness (QED) is 0.761. The number of aromatic nitrogens is 1. The molecule has 2 aromatic rings. The van der Waals surface area contributed by atoms with E-state index in [0.717, 1.165) is 19.0 Å². The molecule has 0 bridgehead atoms. The molecule has 5 heteroatoms. The van der Waals surface area contributed by atoms with Gasteiger partial charge in [-0.1, -0.05) is 28.1 Å². The molecule has 1 atom stereocenters. The molecule has 0 aliphatic heterocycles.